The lowest BCUT2D eigenvalue weighted by Crippen LogP contribution is -2.42. The number of ether oxygens (including phenoxy) is 2. The fourth-order valence-corrected chi connectivity index (χ4v) is 2.34. The summed E-state index contributed by atoms with van der Waals surface area (Å²) in [5.74, 6) is 2.44. The number of hydrogen-bond acceptors (Lipinski definition) is 4. The van der Waals surface area contributed by atoms with Gasteiger partial charge < -0.3 is 24.6 Å². The standard InChI is InChI=1S/C18H32N4O2/c1-7-21(3)13-11-20-18(19-2)22(4)12-10-15-8-9-16(23-5)17(14-15)24-6/h8-9,14H,7,10-13H2,1-6H3,(H,19,20). The molecule has 0 atom stereocenters. The van der Waals surface area contributed by atoms with Crippen molar-refractivity contribution >= 4 is 5.96 Å². The molecule has 1 rings (SSSR count). The van der Waals surface area contributed by atoms with E-state index in [1.807, 2.05) is 19.2 Å². The Balaban J connectivity index is 2.52. The maximum Gasteiger partial charge on any atom is 0.193 e. The second-order valence-corrected chi connectivity index (χ2v) is 5.73. The lowest BCUT2D eigenvalue weighted by molar-refractivity contribution is 0.353. The second-order valence-electron chi connectivity index (χ2n) is 5.73. The van der Waals surface area contributed by atoms with E-state index in [9.17, 15) is 0 Å². The molecule has 0 bridgehead atoms. The number of methoxy groups -OCH3 is 2. The molecule has 0 aliphatic rings. The Bertz CT molecular complexity index is 520. The Morgan fingerprint density at radius 1 is 1.12 bits per heavy atom. The van der Waals surface area contributed by atoms with Crippen LogP contribution >= 0.6 is 0 Å². The molecule has 24 heavy (non-hydrogen) atoms. The van der Waals surface area contributed by atoms with Gasteiger partial charge >= 0.3 is 0 Å². The molecule has 0 radical (unpaired) electrons. The molecule has 1 aromatic carbocycles. The number of aliphatic imine (C=N–C) groups is 1. The van der Waals surface area contributed by atoms with Crippen LogP contribution in [0.4, 0.5) is 0 Å². The SMILES string of the molecule is CCN(C)CCNC(=NC)N(C)CCc1ccc(OC)c(OC)c1. The van der Waals surface area contributed by atoms with Crippen LogP contribution < -0.4 is 14.8 Å². The summed E-state index contributed by atoms with van der Waals surface area (Å²) in [6.45, 7) is 5.97. The summed E-state index contributed by atoms with van der Waals surface area (Å²) in [7, 11) is 9.30. The largest absolute Gasteiger partial charge is 0.493 e. The van der Waals surface area contributed by atoms with E-state index in [4.69, 9.17) is 9.47 Å². The van der Waals surface area contributed by atoms with E-state index in [0.29, 0.717) is 0 Å². The Morgan fingerprint density at radius 3 is 2.42 bits per heavy atom. The third-order valence-electron chi connectivity index (χ3n) is 4.07. The number of nitrogens with one attached hydrogen (secondary N) is 1. The van der Waals surface area contributed by atoms with Crippen molar-refractivity contribution in [2.24, 2.45) is 4.99 Å². The van der Waals surface area contributed by atoms with E-state index < -0.39 is 0 Å². The van der Waals surface area contributed by atoms with Gasteiger partial charge in [0.2, 0.25) is 0 Å². The minimum atomic E-state index is 0.757. The van der Waals surface area contributed by atoms with Gasteiger partial charge in [0.15, 0.2) is 17.5 Å². The third kappa shape index (κ3) is 6.28. The van der Waals surface area contributed by atoms with Crippen LogP contribution in [0, 0.1) is 0 Å². The van der Waals surface area contributed by atoms with Gasteiger partial charge in [-0.05, 0) is 37.7 Å². The van der Waals surface area contributed by atoms with Gasteiger partial charge in [0.1, 0.15) is 0 Å². The highest BCUT2D eigenvalue weighted by molar-refractivity contribution is 5.79. The maximum atomic E-state index is 5.36. The fraction of sp³-hybridized carbons (Fsp3) is 0.611. The van der Waals surface area contributed by atoms with Crippen LogP contribution in [0.3, 0.4) is 0 Å². The Hall–Kier alpha value is -1.95. The molecule has 0 heterocycles. The van der Waals surface area contributed by atoms with Crippen molar-refractivity contribution in [1.82, 2.24) is 15.1 Å². The van der Waals surface area contributed by atoms with Crippen LogP contribution in [0.1, 0.15) is 12.5 Å². The van der Waals surface area contributed by atoms with Gasteiger partial charge in [-0.25, -0.2) is 0 Å². The van der Waals surface area contributed by atoms with Gasteiger partial charge in [-0.1, -0.05) is 13.0 Å². The molecule has 1 aromatic rings. The fourth-order valence-electron chi connectivity index (χ4n) is 2.34. The van der Waals surface area contributed by atoms with Crippen molar-refractivity contribution < 1.29 is 9.47 Å². The molecule has 6 nitrogen and oxygen atoms in total. The molecule has 0 aliphatic heterocycles. The number of benzene rings is 1. The molecule has 6 heteroatoms. The van der Waals surface area contributed by atoms with Crippen molar-refractivity contribution in [3.8, 4) is 11.5 Å². The molecule has 1 N–H and O–H groups in total. The highest BCUT2D eigenvalue weighted by Gasteiger charge is 2.08. The normalized spacial score (nSPS) is 11.5. The van der Waals surface area contributed by atoms with Crippen LogP contribution in [0.15, 0.2) is 23.2 Å². The summed E-state index contributed by atoms with van der Waals surface area (Å²) in [6.07, 6.45) is 0.909. The van der Waals surface area contributed by atoms with Crippen molar-refractivity contribution in [2.45, 2.75) is 13.3 Å². The predicted molar refractivity (Wildman–Crippen MR) is 100 cm³/mol. The van der Waals surface area contributed by atoms with E-state index in [-0.39, 0.29) is 0 Å². The predicted octanol–water partition coefficient (Wildman–Crippen LogP) is 1.71. The first-order chi connectivity index (χ1) is 11.5. The van der Waals surface area contributed by atoms with Crippen LogP contribution in [0.5, 0.6) is 11.5 Å². The molecule has 0 spiro atoms. The number of rotatable bonds is 9. The first-order valence-corrected chi connectivity index (χ1v) is 8.36. The first-order valence-electron chi connectivity index (χ1n) is 8.36. The Labute approximate surface area is 146 Å². The van der Waals surface area contributed by atoms with Crippen LogP contribution in [-0.4, -0.2) is 77.3 Å². The minimum Gasteiger partial charge on any atom is -0.493 e. The number of hydrogen-bond donors (Lipinski definition) is 1. The third-order valence-corrected chi connectivity index (χ3v) is 4.07. The van der Waals surface area contributed by atoms with Crippen molar-refractivity contribution in [3.63, 3.8) is 0 Å². The molecule has 0 saturated heterocycles. The number of guanidine groups is 1. The van der Waals surface area contributed by atoms with Crippen LogP contribution in [-0.2, 0) is 6.42 Å². The van der Waals surface area contributed by atoms with Gasteiger partial charge in [0.25, 0.3) is 0 Å². The number of nitrogens with zero attached hydrogens (tertiary/aromatic N) is 3. The average Bonchev–Trinajstić information content (AvgIpc) is 2.62. The van der Waals surface area contributed by atoms with Gasteiger partial charge in [-0.3, -0.25) is 4.99 Å². The van der Waals surface area contributed by atoms with Crippen molar-refractivity contribution in [1.29, 1.82) is 0 Å². The molecule has 0 amide bonds. The van der Waals surface area contributed by atoms with E-state index in [2.05, 4.69) is 47.2 Å². The van der Waals surface area contributed by atoms with Gasteiger partial charge in [-0.15, -0.1) is 0 Å². The molecular formula is C18H32N4O2. The quantitative estimate of drug-likeness (QED) is 0.549. The lowest BCUT2D eigenvalue weighted by Gasteiger charge is -2.23. The second kappa shape index (κ2) is 10.8. The zero-order valence-electron chi connectivity index (χ0n) is 15.9. The van der Waals surface area contributed by atoms with Crippen LogP contribution in [0.25, 0.3) is 0 Å². The Morgan fingerprint density at radius 2 is 1.83 bits per heavy atom. The summed E-state index contributed by atoms with van der Waals surface area (Å²) < 4.78 is 10.6. The summed E-state index contributed by atoms with van der Waals surface area (Å²) in [5.41, 5.74) is 1.21. The minimum absolute atomic E-state index is 0.757. The average molecular weight is 336 g/mol. The number of likely N-dealkylation sites (N-methyl/N-ethyl adjacent to an activating group) is 2. The van der Waals surface area contributed by atoms with E-state index >= 15 is 0 Å². The first kappa shape index (κ1) is 20.1. The summed E-state index contributed by atoms with van der Waals surface area (Å²) in [4.78, 5) is 8.76. The monoisotopic (exact) mass is 336 g/mol. The lowest BCUT2D eigenvalue weighted by atomic mass is 10.1. The topological polar surface area (TPSA) is 49.3 Å². The van der Waals surface area contributed by atoms with E-state index in [1.54, 1.807) is 14.2 Å². The van der Waals surface area contributed by atoms with Crippen molar-refractivity contribution in [3.05, 3.63) is 23.8 Å². The highest BCUT2D eigenvalue weighted by Crippen LogP contribution is 2.27. The van der Waals surface area contributed by atoms with Crippen LogP contribution in [0.2, 0.25) is 0 Å². The molecule has 136 valence electrons. The molecule has 0 fully saturated rings. The maximum absolute atomic E-state index is 5.36. The summed E-state index contributed by atoms with van der Waals surface area (Å²) in [6, 6.07) is 6.04. The van der Waals surface area contributed by atoms with E-state index in [1.165, 1.54) is 5.56 Å². The zero-order chi connectivity index (χ0) is 17.9. The summed E-state index contributed by atoms with van der Waals surface area (Å²) >= 11 is 0. The van der Waals surface area contributed by atoms with E-state index in [0.717, 1.165) is 50.1 Å². The van der Waals surface area contributed by atoms with Gasteiger partial charge in [0.05, 0.1) is 14.2 Å². The Kier molecular flexibility index (Phi) is 9.01. The molecule has 0 aromatic heterocycles. The molecule has 0 unspecified atom stereocenters. The molecule has 0 aliphatic carbocycles. The van der Waals surface area contributed by atoms with Crippen molar-refractivity contribution in [2.75, 3.05) is 61.5 Å². The molecular weight excluding hydrogens is 304 g/mol. The van der Waals surface area contributed by atoms with Gasteiger partial charge in [-0.2, -0.15) is 0 Å². The molecule has 0 saturated carbocycles. The zero-order valence-corrected chi connectivity index (χ0v) is 15.9. The highest BCUT2D eigenvalue weighted by atomic mass is 16.5. The summed E-state index contributed by atoms with van der Waals surface area (Å²) in [5, 5.41) is 3.40. The smallest absolute Gasteiger partial charge is 0.193 e. The van der Waals surface area contributed by atoms with Gasteiger partial charge in [0, 0.05) is 33.7 Å².